The smallest absolute Gasteiger partial charge is 0.248 e. The molecule has 0 saturated carbocycles. The molecule has 10 heteroatoms. The molecule has 0 unspecified atom stereocenters. The van der Waals surface area contributed by atoms with E-state index in [-0.39, 0.29) is 18.5 Å². The van der Waals surface area contributed by atoms with Crippen LogP contribution in [0, 0.1) is 0 Å². The molecule has 1 aromatic heterocycles. The fourth-order valence-corrected chi connectivity index (χ4v) is 5.36. The molecule has 1 amide bonds. The van der Waals surface area contributed by atoms with Crippen LogP contribution >= 0.6 is 0 Å². The highest BCUT2D eigenvalue weighted by atomic mass is 32.2. The Morgan fingerprint density at radius 2 is 1.90 bits per heavy atom. The van der Waals surface area contributed by atoms with Crippen molar-refractivity contribution < 1.29 is 22.7 Å². The minimum Gasteiger partial charge on any atom is -0.379 e. The van der Waals surface area contributed by atoms with Gasteiger partial charge >= 0.3 is 0 Å². The van der Waals surface area contributed by atoms with Gasteiger partial charge in [-0.25, -0.2) is 8.42 Å². The number of ether oxygens (including phenoxy) is 2. The largest absolute Gasteiger partial charge is 0.379 e. The molecule has 0 spiro atoms. The number of pyridine rings is 1. The molecule has 2 aliphatic heterocycles. The summed E-state index contributed by atoms with van der Waals surface area (Å²) in [4.78, 5) is 18.1. The second-order valence-corrected chi connectivity index (χ2v) is 9.93. The molecule has 2 saturated heterocycles. The zero-order chi connectivity index (χ0) is 21.8. The van der Waals surface area contributed by atoms with Gasteiger partial charge in [0.1, 0.15) is 0 Å². The van der Waals surface area contributed by atoms with Gasteiger partial charge in [0.2, 0.25) is 15.9 Å². The highest BCUT2D eigenvalue weighted by Crippen LogP contribution is 2.29. The number of aromatic nitrogens is 1. The first kappa shape index (κ1) is 21.9. The van der Waals surface area contributed by atoms with Gasteiger partial charge in [-0.2, -0.15) is 4.31 Å². The van der Waals surface area contributed by atoms with E-state index in [0.29, 0.717) is 31.9 Å². The Bertz CT molecular complexity index is 1030. The van der Waals surface area contributed by atoms with E-state index in [1.807, 2.05) is 18.3 Å². The van der Waals surface area contributed by atoms with Crippen molar-refractivity contribution in [3.63, 3.8) is 0 Å². The van der Waals surface area contributed by atoms with Crippen LogP contribution in [0.2, 0.25) is 0 Å². The summed E-state index contributed by atoms with van der Waals surface area (Å²) in [5, 5.41) is 1.90. The van der Waals surface area contributed by atoms with Crippen LogP contribution in [-0.4, -0.2) is 81.5 Å². The van der Waals surface area contributed by atoms with Crippen LogP contribution in [0.1, 0.15) is 23.2 Å². The molecule has 0 aliphatic carbocycles. The number of hydrogen-bond acceptors (Lipinski definition) is 7. The van der Waals surface area contributed by atoms with Crippen molar-refractivity contribution in [3.8, 4) is 0 Å². The maximum absolute atomic E-state index is 12.4. The van der Waals surface area contributed by atoms with E-state index in [9.17, 15) is 13.2 Å². The van der Waals surface area contributed by atoms with E-state index in [1.165, 1.54) is 4.31 Å². The van der Waals surface area contributed by atoms with Crippen molar-refractivity contribution in [2.75, 3.05) is 56.7 Å². The second kappa shape index (κ2) is 9.47. The molecule has 168 valence electrons. The fraction of sp³-hybridized carbons (Fsp3) is 0.524. The van der Waals surface area contributed by atoms with Gasteiger partial charge < -0.3 is 20.1 Å². The number of rotatable bonds is 7. The summed E-state index contributed by atoms with van der Waals surface area (Å²) in [6, 6.07) is 5.38. The number of carbonyl (C=O) groups excluding carboxylic acids is 1. The summed E-state index contributed by atoms with van der Waals surface area (Å²) in [6.07, 6.45) is 5.20. The average Bonchev–Trinajstić information content (AvgIpc) is 2.79. The van der Waals surface area contributed by atoms with E-state index in [4.69, 9.17) is 15.2 Å². The van der Waals surface area contributed by atoms with Crippen molar-refractivity contribution in [2.45, 2.75) is 18.9 Å². The van der Waals surface area contributed by atoms with Crippen LogP contribution in [-0.2, 0) is 19.5 Å². The van der Waals surface area contributed by atoms with Gasteiger partial charge in [-0.1, -0.05) is 6.07 Å². The lowest BCUT2D eigenvalue weighted by Gasteiger charge is -2.34. The Morgan fingerprint density at radius 3 is 2.61 bits per heavy atom. The number of hydrogen-bond donors (Lipinski definition) is 1. The van der Waals surface area contributed by atoms with Gasteiger partial charge in [-0.3, -0.25) is 9.78 Å². The molecule has 3 heterocycles. The number of carbonyl (C=O) groups is 1. The van der Waals surface area contributed by atoms with Gasteiger partial charge in [-0.15, -0.1) is 0 Å². The summed E-state index contributed by atoms with van der Waals surface area (Å²) in [6.45, 7) is 3.45. The van der Waals surface area contributed by atoms with Crippen LogP contribution in [0.15, 0.2) is 30.6 Å². The summed E-state index contributed by atoms with van der Waals surface area (Å²) >= 11 is 0. The molecule has 2 N–H and O–H groups in total. The number of nitrogens with zero attached hydrogens (tertiary/aromatic N) is 3. The quantitative estimate of drug-likeness (QED) is 0.671. The van der Waals surface area contributed by atoms with Crippen LogP contribution < -0.4 is 10.6 Å². The van der Waals surface area contributed by atoms with E-state index in [2.05, 4.69) is 9.88 Å². The lowest BCUT2D eigenvalue weighted by atomic mass is 10.0. The molecule has 2 aliphatic rings. The predicted molar refractivity (Wildman–Crippen MR) is 118 cm³/mol. The zero-order valence-electron chi connectivity index (χ0n) is 17.4. The van der Waals surface area contributed by atoms with Crippen LogP contribution in [0.4, 0.5) is 5.69 Å². The van der Waals surface area contributed by atoms with Crippen molar-refractivity contribution in [2.24, 2.45) is 5.73 Å². The molecule has 0 atom stereocenters. The highest BCUT2D eigenvalue weighted by Gasteiger charge is 2.26. The van der Waals surface area contributed by atoms with Crippen molar-refractivity contribution in [1.29, 1.82) is 0 Å². The number of piperidine rings is 1. The normalized spacial score (nSPS) is 19.0. The van der Waals surface area contributed by atoms with Crippen LogP contribution in [0.25, 0.3) is 10.8 Å². The Hall–Kier alpha value is -2.27. The summed E-state index contributed by atoms with van der Waals surface area (Å²) in [5.41, 5.74) is 6.88. The number of benzene rings is 1. The van der Waals surface area contributed by atoms with Crippen molar-refractivity contribution in [3.05, 3.63) is 36.2 Å². The molecular formula is C21H28N4O5S. The summed E-state index contributed by atoms with van der Waals surface area (Å²) in [5.74, 6) is -0.458. The predicted octanol–water partition coefficient (Wildman–Crippen LogP) is 0.981. The zero-order valence-corrected chi connectivity index (χ0v) is 18.2. The first-order chi connectivity index (χ1) is 14.9. The Morgan fingerprint density at radius 1 is 1.16 bits per heavy atom. The van der Waals surface area contributed by atoms with E-state index in [1.54, 1.807) is 12.3 Å². The first-order valence-corrected chi connectivity index (χ1v) is 12.1. The number of nitrogens with two attached hydrogens (primary N) is 1. The minimum absolute atomic E-state index is 0.00362. The lowest BCUT2D eigenvalue weighted by molar-refractivity contribution is 0.0453. The Balaban J connectivity index is 1.33. The first-order valence-electron chi connectivity index (χ1n) is 10.5. The van der Waals surface area contributed by atoms with E-state index < -0.39 is 15.9 Å². The average molecular weight is 449 g/mol. The van der Waals surface area contributed by atoms with Crippen LogP contribution in [0.5, 0.6) is 0 Å². The molecule has 1 aromatic carbocycles. The third kappa shape index (κ3) is 5.15. The molecule has 31 heavy (non-hydrogen) atoms. The lowest BCUT2D eigenvalue weighted by Crippen LogP contribution is -2.43. The number of fused-ring (bicyclic) bond motifs is 1. The number of anilines is 1. The number of morpholine rings is 1. The van der Waals surface area contributed by atoms with Crippen molar-refractivity contribution >= 4 is 32.4 Å². The molecular weight excluding hydrogens is 420 g/mol. The third-order valence-corrected chi connectivity index (χ3v) is 7.70. The number of amides is 1. The summed E-state index contributed by atoms with van der Waals surface area (Å²) in [7, 11) is -3.30. The topological polar surface area (TPSA) is 115 Å². The SMILES string of the molecule is NC(=O)c1ccc2cncc(N3CCC(OCCS(=O)(=O)N4CCOCC4)CC3)c2c1. The maximum Gasteiger partial charge on any atom is 0.248 e. The van der Waals surface area contributed by atoms with Gasteiger partial charge in [0.15, 0.2) is 0 Å². The van der Waals surface area contributed by atoms with Gasteiger partial charge in [0, 0.05) is 48.7 Å². The molecule has 9 nitrogen and oxygen atoms in total. The van der Waals surface area contributed by atoms with Gasteiger partial charge in [0.05, 0.1) is 43.6 Å². The third-order valence-electron chi connectivity index (χ3n) is 5.87. The van der Waals surface area contributed by atoms with Crippen molar-refractivity contribution in [1.82, 2.24) is 9.29 Å². The maximum atomic E-state index is 12.4. The molecule has 4 rings (SSSR count). The van der Waals surface area contributed by atoms with E-state index in [0.717, 1.165) is 42.4 Å². The number of sulfonamides is 1. The molecule has 2 aromatic rings. The fourth-order valence-electron chi connectivity index (χ4n) is 4.09. The van der Waals surface area contributed by atoms with Gasteiger partial charge in [-0.05, 0) is 25.0 Å². The highest BCUT2D eigenvalue weighted by molar-refractivity contribution is 7.89. The van der Waals surface area contributed by atoms with E-state index >= 15 is 0 Å². The Kier molecular flexibility index (Phi) is 6.71. The second-order valence-electron chi connectivity index (χ2n) is 7.84. The standard InChI is InChI=1S/C21H28N4O5S/c22-21(26)16-1-2-17-14-23-15-20(19(17)13-16)24-5-3-18(4-6-24)30-11-12-31(27,28)25-7-9-29-10-8-25/h1-2,13-15,18H,3-12H2,(H2,22,26). The summed E-state index contributed by atoms with van der Waals surface area (Å²) < 4.78 is 37.4. The molecule has 2 fully saturated rings. The monoisotopic (exact) mass is 448 g/mol. The molecule has 0 bridgehead atoms. The molecule has 0 radical (unpaired) electrons. The minimum atomic E-state index is -3.30. The van der Waals surface area contributed by atoms with Gasteiger partial charge in [0.25, 0.3) is 0 Å². The Labute approximate surface area is 182 Å². The van der Waals surface area contributed by atoms with Crippen LogP contribution in [0.3, 0.4) is 0 Å². The number of primary amides is 1.